The first-order valence-electron chi connectivity index (χ1n) is 7.54. The predicted octanol–water partition coefficient (Wildman–Crippen LogP) is 2.83. The highest BCUT2D eigenvalue weighted by Crippen LogP contribution is 2.25. The van der Waals surface area contributed by atoms with E-state index in [4.69, 9.17) is 4.74 Å². The SMILES string of the molecule is CC(=O)Nc1ccc(OC2CCN(c3ccccc3)C2=O)cc1. The van der Waals surface area contributed by atoms with Gasteiger partial charge in [0.2, 0.25) is 5.91 Å². The first-order valence-corrected chi connectivity index (χ1v) is 7.54. The Bertz CT molecular complexity index is 698. The van der Waals surface area contributed by atoms with Crippen molar-refractivity contribution < 1.29 is 14.3 Å². The number of hydrogen-bond acceptors (Lipinski definition) is 3. The van der Waals surface area contributed by atoms with Crippen molar-refractivity contribution in [3.05, 3.63) is 54.6 Å². The maximum absolute atomic E-state index is 12.5. The van der Waals surface area contributed by atoms with Crippen LogP contribution in [0.5, 0.6) is 5.75 Å². The summed E-state index contributed by atoms with van der Waals surface area (Å²) in [5, 5.41) is 2.69. The number of hydrogen-bond donors (Lipinski definition) is 1. The lowest BCUT2D eigenvalue weighted by atomic mass is 10.2. The van der Waals surface area contributed by atoms with Gasteiger partial charge in [0.1, 0.15) is 5.75 Å². The highest BCUT2D eigenvalue weighted by Gasteiger charge is 2.34. The summed E-state index contributed by atoms with van der Waals surface area (Å²) in [6, 6.07) is 16.6. The van der Waals surface area contributed by atoms with Crippen LogP contribution in [0.25, 0.3) is 0 Å². The fourth-order valence-corrected chi connectivity index (χ4v) is 2.61. The van der Waals surface area contributed by atoms with Crippen LogP contribution in [0.3, 0.4) is 0 Å². The van der Waals surface area contributed by atoms with Crippen molar-refractivity contribution in [3.63, 3.8) is 0 Å². The molecule has 23 heavy (non-hydrogen) atoms. The molecule has 1 fully saturated rings. The molecule has 2 aromatic carbocycles. The van der Waals surface area contributed by atoms with Crippen molar-refractivity contribution in [1.29, 1.82) is 0 Å². The van der Waals surface area contributed by atoms with E-state index in [1.54, 1.807) is 29.2 Å². The Labute approximate surface area is 134 Å². The lowest BCUT2D eigenvalue weighted by molar-refractivity contribution is -0.122. The minimum atomic E-state index is -0.471. The Balaban J connectivity index is 1.65. The summed E-state index contributed by atoms with van der Waals surface area (Å²) in [6.07, 6.45) is 0.183. The van der Waals surface area contributed by atoms with E-state index in [0.29, 0.717) is 24.4 Å². The van der Waals surface area contributed by atoms with Crippen LogP contribution in [0.4, 0.5) is 11.4 Å². The molecule has 5 heteroatoms. The molecule has 2 aromatic rings. The van der Waals surface area contributed by atoms with Gasteiger partial charge in [-0.25, -0.2) is 0 Å². The van der Waals surface area contributed by atoms with Gasteiger partial charge in [0.15, 0.2) is 6.10 Å². The fraction of sp³-hybridized carbons (Fsp3) is 0.222. The molecule has 3 rings (SSSR count). The van der Waals surface area contributed by atoms with E-state index in [1.807, 2.05) is 30.3 Å². The number of rotatable bonds is 4. The maximum Gasteiger partial charge on any atom is 0.268 e. The molecule has 1 aliphatic rings. The number of amides is 2. The molecule has 1 unspecified atom stereocenters. The van der Waals surface area contributed by atoms with Crippen molar-refractivity contribution >= 4 is 23.2 Å². The molecule has 118 valence electrons. The Morgan fingerprint density at radius 1 is 1.13 bits per heavy atom. The smallest absolute Gasteiger partial charge is 0.268 e. The zero-order valence-electron chi connectivity index (χ0n) is 12.9. The first kappa shape index (κ1) is 15.1. The molecular weight excluding hydrogens is 292 g/mol. The molecule has 1 N–H and O–H groups in total. The molecule has 0 aromatic heterocycles. The second-order valence-corrected chi connectivity index (χ2v) is 5.43. The Hall–Kier alpha value is -2.82. The van der Waals surface area contributed by atoms with E-state index in [9.17, 15) is 9.59 Å². The molecule has 0 radical (unpaired) electrons. The minimum absolute atomic E-state index is 0.0258. The van der Waals surface area contributed by atoms with E-state index in [2.05, 4.69) is 5.32 Å². The third-order valence-corrected chi connectivity index (χ3v) is 3.68. The van der Waals surface area contributed by atoms with Crippen LogP contribution in [-0.2, 0) is 9.59 Å². The van der Waals surface area contributed by atoms with Crippen molar-refractivity contribution in [2.45, 2.75) is 19.4 Å². The van der Waals surface area contributed by atoms with E-state index in [1.165, 1.54) is 6.92 Å². The number of nitrogens with one attached hydrogen (secondary N) is 1. The summed E-state index contributed by atoms with van der Waals surface area (Å²) in [5.74, 6) is 0.470. The summed E-state index contributed by atoms with van der Waals surface area (Å²) in [4.78, 5) is 25.2. The molecular formula is C18H18N2O3. The number of carbonyl (C=O) groups is 2. The van der Waals surface area contributed by atoms with Crippen LogP contribution in [0.2, 0.25) is 0 Å². The topological polar surface area (TPSA) is 58.6 Å². The molecule has 2 amide bonds. The average molecular weight is 310 g/mol. The molecule has 1 atom stereocenters. The molecule has 1 saturated heterocycles. The van der Waals surface area contributed by atoms with E-state index < -0.39 is 6.10 Å². The van der Waals surface area contributed by atoms with Gasteiger partial charge in [0.25, 0.3) is 5.91 Å². The van der Waals surface area contributed by atoms with Crippen LogP contribution in [0.1, 0.15) is 13.3 Å². The number of ether oxygens (including phenoxy) is 1. The lowest BCUT2D eigenvalue weighted by Gasteiger charge is -2.17. The van der Waals surface area contributed by atoms with Crippen LogP contribution >= 0.6 is 0 Å². The maximum atomic E-state index is 12.5. The lowest BCUT2D eigenvalue weighted by Crippen LogP contribution is -2.32. The highest BCUT2D eigenvalue weighted by atomic mass is 16.5. The van der Waals surface area contributed by atoms with Crippen molar-refractivity contribution in [2.24, 2.45) is 0 Å². The first-order chi connectivity index (χ1) is 11.1. The minimum Gasteiger partial charge on any atom is -0.481 e. The molecule has 0 saturated carbocycles. The van der Waals surface area contributed by atoms with Crippen molar-refractivity contribution in [2.75, 3.05) is 16.8 Å². The summed E-state index contributed by atoms with van der Waals surface area (Å²) in [7, 11) is 0. The number of para-hydroxylation sites is 1. The molecule has 1 aliphatic heterocycles. The summed E-state index contributed by atoms with van der Waals surface area (Å²) in [5.41, 5.74) is 1.60. The second-order valence-electron chi connectivity index (χ2n) is 5.43. The Morgan fingerprint density at radius 3 is 2.48 bits per heavy atom. The molecule has 1 heterocycles. The highest BCUT2D eigenvalue weighted by molar-refractivity contribution is 5.99. The van der Waals surface area contributed by atoms with Gasteiger partial charge >= 0.3 is 0 Å². The Morgan fingerprint density at radius 2 is 1.83 bits per heavy atom. The summed E-state index contributed by atoms with van der Waals surface area (Å²) in [6.45, 7) is 2.11. The number of anilines is 2. The summed E-state index contributed by atoms with van der Waals surface area (Å²) >= 11 is 0. The van der Waals surface area contributed by atoms with Gasteiger partial charge in [-0.3, -0.25) is 9.59 Å². The fourth-order valence-electron chi connectivity index (χ4n) is 2.61. The van der Waals surface area contributed by atoms with E-state index in [0.717, 1.165) is 5.69 Å². The molecule has 0 bridgehead atoms. The van der Waals surface area contributed by atoms with Gasteiger partial charge in [-0.05, 0) is 36.4 Å². The number of carbonyl (C=O) groups excluding carboxylic acids is 2. The van der Waals surface area contributed by atoms with Gasteiger partial charge in [-0.2, -0.15) is 0 Å². The molecule has 0 spiro atoms. The zero-order chi connectivity index (χ0) is 16.2. The van der Waals surface area contributed by atoms with Gasteiger partial charge in [0.05, 0.1) is 0 Å². The largest absolute Gasteiger partial charge is 0.481 e. The van der Waals surface area contributed by atoms with Gasteiger partial charge in [-0.15, -0.1) is 0 Å². The van der Waals surface area contributed by atoms with E-state index in [-0.39, 0.29) is 11.8 Å². The third kappa shape index (κ3) is 3.51. The zero-order valence-corrected chi connectivity index (χ0v) is 12.9. The summed E-state index contributed by atoms with van der Waals surface area (Å²) < 4.78 is 5.80. The Kier molecular flexibility index (Phi) is 4.28. The second kappa shape index (κ2) is 6.52. The predicted molar refractivity (Wildman–Crippen MR) is 88.6 cm³/mol. The van der Waals surface area contributed by atoms with Crippen LogP contribution in [0.15, 0.2) is 54.6 Å². The standard InChI is InChI=1S/C18H18N2O3/c1-13(21)19-14-7-9-16(10-8-14)23-17-11-12-20(18(17)22)15-5-3-2-4-6-15/h2-10,17H,11-12H2,1H3,(H,19,21). The molecule has 5 nitrogen and oxygen atoms in total. The quantitative estimate of drug-likeness (QED) is 0.944. The van der Waals surface area contributed by atoms with E-state index >= 15 is 0 Å². The average Bonchev–Trinajstić information content (AvgIpc) is 2.91. The van der Waals surface area contributed by atoms with Crippen LogP contribution < -0.4 is 15.0 Å². The third-order valence-electron chi connectivity index (χ3n) is 3.68. The number of nitrogens with zero attached hydrogens (tertiary/aromatic N) is 1. The normalized spacial score (nSPS) is 17.2. The van der Waals surface area contributed by atoms with Crippen LogP contribution in [-0.4, -0.2) is 24.5 Å². The van der Waals surface area contributed by atoms with Crippen LogP contribution in [0, 0.1) is 0 Å². The van der Waals surface area contributed by atoms with Crippen molar-refractivity contribution in [1.82, 2.24) is 0 Å². The van der Waals surface area contributed by atoms with Gasteiger partial charge in [-0.1, -0.05) is 18.2 Å². The molecule has 0 aliphatic carbocycles. The monoisotopic (exact) mass is 310 g/mol. The van der Waals surface area contributed by atoms with Gasteiger partial charge < -0.3 is 15.0 Å². The number of benzene rings is 2. The van der Waals surface area contributed by atoms with Gasteiger partial charge in [0, 0.05) is 31.3 Å². The van der Waals surface area contributed by atoms with Crippen molar-refractivity contribution in [3.8, 4) is 5.75 Å².